The Bertz CT molecular complexity index is 972. The first-order chi connectivity index (χ1) is 16.5. The summed E-state index contributed by atoms with van der Waals surface area (Å²) in [5, 5.41) is 14.2. The number of esters is 1. The van der Waals surface area contributed by atoms with Crippen molar-refractivity contribution < 1.29 is 19.4 Å². The Morgan fingerprint density at radius 3 is 2.50 bits per heavy atom. The molecule has 0 radical (unpaired) electrons. The average molecular weight is 464 g/mol. The van der Waals surface area contributed by atoms with Crippen LogP contribution in [0.3, 0.4) is 0 Å². The van der Waals surface area contributed by atoms with Gasteiger partial charge in [0.25, 0.3) is 0 Å². The number of ether oxygens (including phenoxy) is 2. The van der Waals surface area contributed by atoms with E-state index >= 15 is 0 Å². The van der Waals surface area contributed by atoms with Gasteiger partial charge in [0.1, 0.15) is 0 Å². The highest BCUT2D eigenvalue weighted by atomic mass is 16.5. The van der Waals surface area contributed by atoms with Gasteiger partial charge in [-0.05, 0) is 80.2 Å². The van der Waals surface area contributed by atoms with Crippen LogP contribution < -0.4 is 5.32 Å². The van der Waals surface area contributed by atoms with Crippen LogP contribution in [0.15, 0.2) is 54.6 Å². The summed E-state index contributed by atoms with van der Waals surface area (Å²) in [4.78, 5) is 11.7. The maximum Gasteiger partial charge on any atom is 0.330 e. The molecule has 2 aromatic carbocycles. The molecule has 0 amide bonds. The molecule has 2 N–H and O–H groups in total. The minimum atomic E-state index is -0.567. The Morgan fingerprint density at radius 1 is 1.15 bits per heavy atom. The van der Waals surface area contributed by atoms with E-state index in [0.29, 0.717) is 19.1 Å². The topological polar surface area (TPSA) is 67.8 Å². The molecule has 1 fully saturated rings. The van der Waals surface area contributed by atoms with E-state index in [1.807, 2.05) is 31.2 Å². The summed E-state index contributed by atoms with van der Waals surface area (Å²) in [6.45, 7) is 4.91. The molecule has 0 saturated heterocycles. The molecule has 2 aromatic rings. The molecule has 182 valence electrons. The van der Waals surface area contributed by atoms with Crippen molar-refractivity contribution in [2.24, 2.45) is 5.92 Å². The van der Waals surface area contributed by atoms with E-state index in [-0.39, 0.29) is 24.2 Å². The van der Waals surface area contributed by atoms with Gasteiger partial charge in [0.2, 0.25) is 0 Å². The van der Waals surface area contributed by atoms with Crippen molar-refractivity contribution in [2.75, 3.05) is 19.8 Å². The molecule has 1 saturated carbocycles. The molecular formula is C29H37NO4. The van der Waals surface area contributed by atoms with Crippen LogP contribution in [0.4, 0.5) is 0 Å². The Kier molecular flexibility index (Phi) is 8.19. The molecular weight excluding hydrogens is 426 g/mol. The van der Waals surface area contributed by atoms with Crippen molar-refractivity contribution in [1.29, 1.82) is 0 Å². The number of benzene rings is 2. The van der Waals surface area contributed by atoms with Crippen molar-refractivity contribution in [3.63, 3.8) is 0 Å². The second-order valence-electron chi connectivity index (χ2n) is 9.75. The lowest BCUT2D eigenvalue weighted by molar-refractivity contribution is -0.137. The zero-order valence-electron chi connectivity index (χ0n) is 20.3. The van der Waals surface area contributed by atoms with E-state index in [9.17, 15) is 9.90 Å². The van der Waals surface area contributed by atoms with E-state index in [1.54, 1.807) is 13.0 Å². The van der Waals surface area contributed by atoms with Gasteiger partial charge in [-0.1, -0.05) is 48.5 Å². The molecule has 5 nitrogen and oxygen atoms in total. The van der Waals surface area contributed by atoms with E-state index < -0.39 is 6.10 Å². The van der Waals surface area contributed by atoms with Crippen molar-refractivity contribution in [1.82, 2.24) is 5.32 Å². The van der Waals surface area contributed by atoms with Gasteiger partial charge < -0.3 is 19.9 Å². The monoisotopic (exact) mass is 463 g/mol. The van der Waals surface area contributed by atoms with Crippen molar-refractivity contribution in [3.05, 3.63) is 76.9 Å². The third-order valence-corrected chi connectivity index (χ3v) is 7.04. The highest BCUT2D eigenvalue weighted by Gasteiger charge is 2.44. The lowest BCUT2D eigenvalue weighted by atomic mass is 9.95. The average Bonchev–Trinajstić information content (AvgIpc) is 3.48. The Labute approximate surface area is 203 Å². The standard InChI is InChI=1S/C29H37NO4/c1-3-33-28(32)13-12-23-8-6-7-11-27(23)21(2)34-20-26(31)19-30-29(14-15-29)18-22-16-24-9-4-5-10-25(24)17-22/h4-13,21-22,26,30-31H,3,14-20H2,1-2H3/t21-,26-/m1/s1. The van der Waals surface area contributed by atoms with Crippen LogP contribution >= 0.6 is 0 Å². The Hall–Kier alpha value is -2.47. The predicted octanol–water partition coefficient (Wildman–Crippen LogP) is 4.63. The number of hydrogen-bond acceptors (Lipinski definition) is 5. The molecule has 2 aliphatic carbocycles. The molecule has 4 rings (SSSR count). The van der Waals surface area contributed by atoms with Gasteiger partial charge in [-0.2, -0.15) is 0 Å². The normalized spacial score (nSPS) is 18.6. The summed E-state index contributed by atoms with van der Waals surface area (Å²) in [5.41, 5.74) is 5.07. The van der Waals surface area contributed by atoms with Crippen molar-refractivity contribution >= 4 is 12.0 Å². The fraction of sp³-hybridized carbons (Fsp3) is 0.483. The number of β-amino-alcohol motifs (C(OH)–C–C–N with tert-alkyl or cyclic N) is 1. The van der Waals surface area contributed by atoms with Crippen LogP contribution in [0.1, 0.15) is 61.5 Å². The second kappa shape index (κ2) is 11.3. The fourth-order valence-corrected chi connectivity index (χ4v) is 5.07. The maximum atomic E-state index is 11.7. The number of carbonyl (C=O) groups is 1. The molecule has 0 heterocycles. The maximum absolute atomic E-state index is 11.7. The lowest BCUT2D eigenvalue weighted by Gasteiger charge is -2.24. The van der Waals surface area contributed by atoms with Gasteiger partial charge in [0.05, 0.1) is 25.4 Å². The van der Waals surface area contributed by atoms with Crippen LogP contribution in [-0.4, -0.2) is 42.5 Å². The molecule has 0 aliphatic heterocycles. The summed E-state index contributed by atoms with van der Waals surface area (Å²) in [6.07, 6.45) is 8.31. The number of rotatable bonds is 12. The van der Waals surface area contributed by atoms with Crippen LogP contribution in [-0.2, 0) is 27.1 Å². The van der Waals surface area contributed by atoms with Crippen LogP contribution in [0.25, 0.3) is 6.08 Å². The number of nitrogens with one attached hydrogen (secondary N) is 1. The first kappa shape index (κ1) is 24.6. The first-order valence-electron chi connectivity index (χ1n) is 12.5. The Balaban J connectivity index is 1.22. The van der Waals surface area contributed by atoms with E-state index in [4.69, 9.17) is 9.47 Å². The first-order valence-corrected chi connectivity index (χ1v) is 12.5. The summed E-state index contributed by atoms with van der Waals surface area (Å²) in [7, 11) is 0. The van der Waals surface area contributed by atoms with Gasteiger partial charge >= 0.3 is 5.97 Å². The van der Waals surface area contributed by atoms with Gasteiger partial charge in [-0.15, -0.1) is 0 Å². The summed E-state index contributed by atoms with van der Waals surface area (Å²) in [5.74, 6) is 0.336. The number of fused-ring (bicyclic) bond motifs is 1. The quantitative estimate of drug-likeness (QED) is 0.355. The number of aliphatic hydroxyl groups excluding tert-OH is 1. The van der Waals surface area contributed by atoms with Crippen LogP contribution in [0.5, 0.6) is 0 Å². The molecule has 0 spiro atoms. The van der Waals surface area contributed by atoms with Gasteiger partial charge in [0.15, 0.2) is 0 Å². The van der Waals surface area contributed by atoms with Gasteiger partial charge in [0, 0.05) is 18.2 Å². The lowest BCUT2D eigenvalue weighted by Crippen LogP contribution is -2.40. The summed E-state index contributed by atoms with van der Waals surface area (Å²) >= 11 is 0. The largest absolute Gasteiger partial charge is 0.463 e. The third kappa shape index (κ3) is 6.56. The molecule has 5 heteroatoms. The third-order valence-electron chi connectivity index (χ3n) is 7.04. The highest BCUT2D eigenvalue weighted by molar-refractivity contribution is 5.87. The van der Waals surface area contributed by atoms with Crippen LogP contribution in [0, 0.1) is 5.92 Å². The number of hydrogen-bond donors (Lipinski definition) is 2. The summed E-state index contributed by atoms with van der Waals surface area (Å²) in [6, 6.07) is 16.6. The molecule has 0 bridgehead atoms. The van der Waals surface area contributed by atoms with E-state index in [2.05, 4.69) is 29.6 Å². The number of carbonyl (C=O) groups excluding carboxylic acids is 1. The van der Waals surface area contributed by atoms with Gasteiger partial charge in [-0.3, -0.25) is 0 Å². The zero-order valence-corrected chi connectivity index (χ0v) is 20.3. The molecule has 2 atom stereocenters. The van der Waals surface area contributed by atoms with E-state index in [1.165, 1.54) is 49.3 Å². The van der Waals surface area contributed by atoms with Crippen molar-refractivity contribution in [2.45, 2.75) is 63.7 Å². The molecule has 2 aliphatic rings. The summed E-state index contributed by atoms with van der Waals surface area (Å²) < 4.78 is 11.0. The Morgan fingerprint density at radius 2 is 1.82 bits per heavy atom. The van der Waals surface area contributed by atoms with Crippen molar-refractivity contribution in [3.8, 4) is 0 Å². The fourth-order valence-electron chi connectivity index (χ4n) is 5.07. The number of aliphatic hydroxyl groups is 1. The highest BCUT2D eigenvalue weighted by Crippen LogP contribution is 2.44. The zero-order chi connectivity index (χ0) is 24.0. The molecule has 0 aromatic heterocycles. The van der Waals surface area contributed by atoms with E-state index in [0.717, 1.165) is 11.1 Å². The van der Waals surface area contributed by atoms with Gasteiger partial charge in [-0.25, -0.2) is 4.79 Å². The van der Waals surface area contributed by atoms with Crippen LogP contribution in [0.2, 0.25) is 0 Å². The predicted molar refractivity (Wildman–Crippen MR) is 134 cm³/mol. The SMILES string of the molecule is CCOC(=O)C=Cc1ccccc1[C@@H](C)OC[C@H](O)CNC1(CC2Cc3ccccc3C2)CC1. The smallest absolute Gasteiger partial charge is 0.330 e. The minimum absolute atomic E-state index is 0.184. The second-order valence-corrected chi connectivity index (χ2v) is 9.75. The molecule has 34 heavy (non-hydrogen) atoms. The minimum Gasteiger partial charge on any atom is -0.463 e. The molecule has 0 unspecified atom stereocenters.